The normalized spacial score (nSPS) is 10.5. The molecule has 0 heterocycles. The van der Waals surface area contributed by atoms with Crippen LogP contribution in [-0.2, 0) is 14.4 Å². The van der Waals surface area contributed by atoms with Gasteiger partial charge in [0.15, 0.2) is 6.61 Å². The molecule has 35 heavy (non-hydrogen) atoms. The summed E-state index contributed by atoms with van der Waals surface area (Å²) < 4.78 is 10.6. The summed E-state index contributed by atoms with van der Waals surface area (Å²) in [6.07, 6.45) is 1.36. The molecule has 9 heteroatoms. The van der Waals surface area contributed by atoms with Crippen molar-refractivity contribution in [2.45, 2.75) is 13.8 Å². The molecule has 0 aliphatic heterocycles. The molecule has 180 valence electrons. The number of carbonyl (C=O) groups is 3. The number of hydrogen-bond donors (Lipinski definition) is 3. The van der Waals surface area contributed by atoms with Crippen LogP contribution >= 0.6 is 0 Å². The number of anilines is 2. The Balaban J connectivity index is 1.48. The Hall–Kier alpha value is -4.66. The molecule has 0 radical (unpaired) electrons. The minimum atomic E-state index is -0.924. The third-order valence-corrected chi connectivity index (χ3v) is 4.83. The molecule has 0 aliphatic carbocycles. The maximum atomic E-state index is 12.3. The molecule has 0 unspecified atom stereocenters. The van der Waals surface area contributed by atoms with E-state index in [1.807, 2.05) is 32.0 Å². The van der Waals surface area contributed by atoms with Gasteiger partial charge in [-0.15, -0.1) is 0 Å². The number of hydrogen-bond acceptors (Lipinski definition) is 6. The summed E-state index contributed by atoms with van der Waals surface area (Å²) in [4.78, 5) is 36.2. The third kappa shape index (κ3) is 7.71. The molecule has 3 rings (SSSR count). The van der Waals surface area contributed by atoms with Crippen molar-refractivity contribution in [1.82, 2.24) is 5.43 Å². The molecule has 9 nitrogen and oxygen atoms in total. The van der Waals surface area contributed by atoms with Gasteiger partial charge in [0.1, 0.15) is 11.5 Å². The van der Waals surface area contributed by atoms with Gasteiger partial charge in [0.05, 0.1) is 13.3 Å². The Morgan fingerprint density at radius 3 is 2.40 bits per heavy atom. The number of aryl methyl sites for hydroxylation is 2. The van der Waals surface area contributed by atoms with Gasteiger partial charge in [0, 0.05) is 11.4 Å². The number of nitrogens with one attached hydrogen (secondary N) is 3. The lowest BCUT2D eigenvalue weighted by Gasteiger charge is -2.10. The van der Waals surface area contributed by atoms with Crippen molar-refractivity contribution in [1.29, 1.82) is 0 Å². The van der Waals surface area contributed by atoms with Crippen molar-refractivity contribution in [2.75, 3.05) is 24.4 Å². The summed E-state index contributed by atoms with van der Waals surface area (Å²) in [5.74, 6) is -0.987. The molecule has 3 aromatic carbocycles. The molecule has 0 fully saturated rings. The summed E-state index contributed by atoms with van der Waals surface area (Å²) in [6.45, 7) is 3.70. The number of benzene rings is 3. The summed E-state index contributed by atoms with van der Waals surface area (Å²) in [6, 6.07) is 19.2. The molecule has 3 N–H and O–H groups in total. The van der Waals surface area contributed by atoms with E-state index in [0.29, 0.717) is 22.7 Å². The van der Waals surface area contributed by atoms with Crippen molar-refractivity contribution in [2.24, 2.45) is 5.10 Å². The highest BCUT2D eigenvalue weighted by Gasteiger charge is 2.13. The fourth-order valence-corrected chi connectivity index (χ4v) is 2.97. The van der Waals surface area contributed by atoms with E-state index in [2.05, 4.69) is 21.2 Å². The lowest BCUT2D eigenvalue weighted by molar-refractivity contribution is -0.136. The zero-order valence-electron chi connectivity index (χ0n) is 19.6. The van der Waals surface area contributed by atoms with E-state index in [4.69, 9.17) is 9.47 Å². The number of ether oxygens (including phenoxy) is 2. The van der Waals surface area contributed by atoms with Crippen LogP contribution in [0.4, 0.5) is 11.4 Å². The second-order valence-electron chi connectivity index (χ2n) is 7.61. The van der Waals surface area contributed by atoms with Crippen LogP contribution in [-0.4, -0.2) is 37.7 Å². The van der Waals surface area contributed by atoms with Crippen molar-refractivity contribution >= 4 is 35.3 Å². The molecule has 0 atom stereocenters. The van der Waals surface area contributed by atoms with Crippen LogP contribution in [0.5, 0.6) is 11.5 Å². The van der Waals surface area contributed by atoms with Crippen molar-refractivity contribution in [3.8, 4) is 11.5 Å². The van der Waals surface area contributed by atoms with Crippen LogP contribution in [0, 0.1) is 13.8 Å². The average molecular weight is 475 g/mol. The number of rotatable bonds is 8. The van der Waals surface area contributed by atoms with E-state index in [-0.39, 0.29) is 12.5 Å². The maximum Gasteiger partial charge on any atom is 0.329 e. The van der Waals surface area contributed by atoms with Crippen LogP contribution in [0.2, 0.25) is 0 Å². The Labute approximate surface area is 203 Å². The Bertz CT molecular complexity index is 1240. The van der Waals surface area contributed by atoms with Gasteiger partial charge in [-0.3, -0.25) is 14.4 Å². The lowest BCUT2D eigenvalue weighted by atomic mass is 10.1. The first-order chi connectivity index (χ1) is 16.8. The molecular weight excluding hydrogens is 448 g/mol. The maximum absolute atomic E-state index is 12.3. The zero-order valence-corrected chi connectivity index (χ0v) is 19.6. The number of carbonyl (C=O) groups excluding carboxylic acids is 3. The zero-order chi connectivity index (χ0) is 25.2. The Morgan fingerprint density at radius 1 is 0.886 bits per heavy atom. The minimum Gasteiger partial charge on any atom is -0.497 e. The van der Waals surface area contributed by atoms with Gasteiger partial charge in [-0.25, -0.2) is 5.43 Å². The number of hydrazone groups is 1. The molecule has 3 aromatic rings. The standard InChI is InChI=1S/C26H26N4O5/c1-17-7-8-18(2)23(13-17)29-24(31)16-35-22-6-4-5-19(14-22)15-27-30-26(33)25(32)28-20-9-11-21(34-3)12-10-20/h4-15H,16H2,1-3H3,(H,28,32)(H,29,31)(H,30,33)/b27-15-. The monoisotopic (exact) mass is 474 g/mol. The lowest BCUT2D eigenvalue weighted by Crippen LogP contribution is -2.32. The van der Waals surface area contributed by atoms with Crippen LogP contribution in [0.25, 0.3) is 0 Å². The fraction of sp³-hybridized carbons (Fsp3) is 0.154. The molecule has 0 bridgehead atoms. The van der Waals surface area contributed by atoms with Gasteiger partial charge in [0.2, 0.25) is 0 Å². The second kappa shape index (κ2) is 12.0. The minimum absolute atomic E-state index is 0.170. The van der Waals surface area contributed by atoms with Crippen LogP contribution < -0.4 is 25.5 Å². The largest absolute Gasteiger partial charge is 0.497 e. The first kappa shape index (κ1) is 25.0. The average Bonchev–Trinajstić information content (AvgIpc) is 2.85. The van der Waals surface area contributed by atoms with E-state index in [1.54, 1.807) is 48.5 Å². The van der Waals surface area contributed by atoms with Gasteiger partial charge in [-0.2, -0.15) is 5.10 Å². The fourth-order valence-electron chi connectivity index (χ4n) is 2.97. The van der Waals surface area contributed by atoms with Crippen LogP contribution in [0.1, 0.15) is 16.7 Å². The molecule has 3 amide bonds. The van der Waals surface area contributed by atoms with Crippen LogP contribution in [0.15, 0.2) is 71.8 Å². The SMILES string of the molecule is COc1ccc(NC(=O)C(=O)N/N=C\c2cccc(OCC(=O)Nc3cc(C)ccc3C)c2)cc1. The summed E-state index contributed by atoms with van der Waals surface area (Å²) >= 11 is 0. The highest BCUT2D eigenvalue weighted by Crippen LogP contribution is 2.17. The number of amides is 3. The molecule has 0 spiro atoms. The van der Waals surface area contributed by atoms with E-state index >= 15 is 0 Å². The van der Waals surface area contributed by atoms with Crippen molar-refractivity contribution < 1.29 is 23.9 Å². The molecule has 0 saturated heterocycles. The number of nitrogens with zero attached hydrogens (tertiary/aromatic N) is 1. The van der Waals surface area contributed by atoms with Crippen LogP contribution in [0.3, 0.4) is 0 Å². The summed E-state index contributed by atoms with van der Waals surface area (Å²) in [5, 5.41) is 9.10. The molecule has 0 aromatic heterocycles. The van der Waals surface area contributed by atoms with E-state index in [0.717, 1.165) is 16.8 Å². The smallest absolute Gasteiger partial charge is 0.329 e. The van der Waals surface area contributed by atoms with Gasteiger partial charge >= 0.3 is 11.8 Å². The topological polar surface area (TPSA) is 118 Å². The first-order valence-electron chi connectivity index (χ1n) is 10.7. The summed E-state index contributed by atoms with van der Waals surface area (Å²) in [7, 11) is 1.53. The van der Waals surface area contributed by atoms with Gasteiger partial charge < -0.3 is 20.1 Å². The van der Waals surface area contributed by atoms with E-state index in [9.17, 15) is 14.4 Å². The predicted molar refractivity (Wildman–Crippen MR) is 134 cm³/mol. The highest BCUT2D eigenvalue weighted by atomic mass is 16.5. The Morgan fingerprint density at radius 2 is 1.66 bits per heavy atom. The first-order valence-corrected chi connectivity index (χ1v) is 10.7. The molecule has 0 aliphatic rings. The quantitative estimate of drug-likeness (QED) is 0.263. The van der Waals surface area contributed by atoms with Gasteiger partial charge in [0.25, 0.3) is 5.91 Å². The Kier molecular flexibility index (Phi) is 8.55. The van der Waals surface area contributed by atoms with Gasteiger partial charge in [-0.05, 0) is 73.0 Å². The van der Waals surface area contributed by atoms with E-state index in [1.165, 1.54) is 13.3 Å². The predicted octanol–water partition coefficient (Wildman–Crippen LogP) is 3.42. The van der Waals surface area contributed by atoms with Crippen molar-refractivity contribution in [3.63, 3.8) is 0 Å². The van der Waals surface area contributed by atoms with E-state index < -0.39 is 11.8 Å². The highest BCUT2D eigenvalue weighted by molar-refractivity contribution is 6.39. The van der Waals surface area contributed by atoms with Crippen molar-refractivity contribution in [3.05, 3.63) is 83.4 Å². The third-order valence-electron chi connectivity index (χ3n) is 4.83. The molecular formula is C26H26N4O5. The molecule has 0 saturated carbocycles. The summed E-state index contributed by atoms with van der Waals surface area (Å²) in [5.41, 5.74) is 5.97. The number of methoxy groups -OCH3 is 1. The van der Waals surface area contributed by atoms with Gasteiger partial charge in [-0.1, -0.05) is 24.3 Å². The second-order valence-corrected chi connectivity index (χ2v) is 7.61.